The zero-order chi connectivity index (χ0) is 9.47. The highest BCUT2D eigenvalue weighted by Crippen LogP contribution is 2.34. The Morgan fingerprint density at radius 1 is 1.62 bits per heavy atom. The van der Waals surface area contributed by atoms with Crippen LogP contribution in [0, 0.1) is 5.41 Å². The van der Waals surface area contributed by atoms with E-state index in [4.69, 9.17) is 5.11 Å². The van der Waals surface area contributed by atoms with E-state index in [1.165, 1.54) is 0 Å². The van der Waals surface area contributed by atoms with Gasteiger partial charge in [-0.05, 0) is 5.41 Å². The highest BCUT2D eigenvalue weighted by atomic mass is 32.1. The van der Waals surface area contributed by atoms with Crippen LogP contribution < -0.4 is 4.90 Å². The van der Waals surface area contributed by atoms with Crippen molar-refractivity contribution in [3.63, 3.8) is 0 Å². The van der Waals surface area contributed by atoms with Gasteiger partial charge in [0.25, 0.3) is 0 Å². The van der Waals surface area contributed by atoms with Gasteiger partial charge in [-0.1, -0.05) is 13.8 Å². The van der Waals surface area contributed by atoms with Crippen molar-refractivity contribution in [2.75, 3.05) is 18.0 Å². The largest absolute Gasteiger partial charge is 0.390 e. The number of aliphatic hydroxyl groups is 1. The second-order valence-electron chi connectivity index (χ2n) is 4.30. The Bertz CT molecular complexity index is 300. The van der Waals surface area contributed by atoms with Crippen molar-refractivity contribution in [3.8, 4) is 0 Å². The van der Waals surface area contributed by atoms with Crippen LogP contribution in [0.15, 0.2) is 5.38 Å². The van der Waals surface area contributed by atoms with Crippen molar-refractivity contribution in [1.82, 2.24) is 4.98 Å². The summed E-state index contributed by atoms with van der Waals surface area (Å²) in [6.45, 7) is 6.71. The molecule has 0 unspecified atom stereocenters. The monoisotopic (exact) mass is 198 g/mol. The summed E-state index contributed by atoms with van der Waals surface area (Å²) in [5, 5.41) is 11.8. The van der Waals surface area contributed by atoms with E-state index in [-0.39, 0.29) is 6.61 Å². The topological polar surface area (TPSA) is 36.4 Å². The van der Waals surface area contributed by atoms with E-state index in [1.54, 1.807) is 11.3 Å². The molecule has 0 aromatic carbocycles. The molecule has 4 heteroatoms. The van der Waals surface area contributed by atoms with Crippen molar-refractivity contribution in [1.29, 1.82) is 0 Å². The van der Waals surface area contributed by atoms with Crippen LogP contribution in [0.4, 0.5) is 5.13 Å². The summed E-state index contributed by atoms with van der Waals surface area (Å²) in [6.07, 6.45) is 0. The van der Waals surface area contributed by atoms with Crippen LogP contribution in [0.1, 0.15) is 19.5 Å². The predicted octanol–water partition coefficient (Wildman–Crippen LogP) is 1.48. The molecule has 2 rings (SSSR count). The van der Waals surface area contributed by atoms with Crippen LogP contribution >= 0.6 is 11.3 Å². The molecule has 13 heavy (non-hydrogen) atoms. The quantitative estimate of drug-likeness (QED) is 0.782. The molecule has 0 aliphatic carbocycles. The molecule has 1 aromatic heterocycles. The number of aromatic nitrogens is 1. The van der Waals surface area contributed by atoms with Crippen LogP contribution in [-0.4, -0.2) is 23.2 Å². The van der Waals surface area contributed by atoms with E-state index < -0.39 is 0 Å². The Kier molecular flexibility index (Phi) is 2.04. The van der Waals surface area contributed by atoms with Crippen LogP contribution in [0.3, 0.4) is 0 Å². The number of nitrogens with zero attached hydrogens (tertiary/aromatic N) is 2. The van der Waals surface area contributed by atoms with Gasteiger partial charge < -0.3 is 10.0 Å². The standard InChI is InChI=1S/C9H14N2OS/c1-9(2)5-11(6-9)8-10-7(3-12)4-13-8/h4,12H,3,5-6H2,1-2H3. The lowest BCUT2D eigenvalue weighted by Crippen LogP contribution is -2.53. The molecule has 0 atom stereocenters. The molecule has 2 heterocycles. The third kappa shape index (κ3) is 1.69. The molecule has 0 saturated carbocycles. The number of hydrogen-bond donors (Lipinski definition) is 1. The number of anilines is 1. The lowest BCUT2D eigenvalue weighted by Gasteiger charge is -2.45. The minimum atomic E-state index is 0.0493. The van der Waals surface area contributed by atoms with Gasteiger partial charge in [-0.2, -0.15) is 0 Å². The van der Waals surface area contributed by atoms with Crippen LogP contribution in [0.5, 0.6) is 0 Å². The molecular weight excluding hydrogens is 184 g/mol. The zero-order valence-corrected chi connectivity index (χ0v) is 8.77. The second kappa shape index (κ2) is 2.96. The van der Waals surface area contributed by atoms with Gasteiger partial charge in [0.2, 0.25) is 0 Å². The Morgan fingerprint density at radius 3 is 2.77 bits per heavy atom. The maximum atomic E-state index is 8.85. The van der Waals surface area contributed by atoms with Crippen molar-refractivity contribution in [2.24, 2.45) is 5.41 Å². The Labute approximate surface area is 82.0 Å². The third-order valence-corrected chi connectivity index (χ3v) is 3.16. The van der Waals surface area contributed by atoms with Crippen LogP contribution in [0.25, 0.3) is 0 Å². The number of aliphatic hydroxyl groups excluding tert-OH is 1. The van der Waals surface area contributed by atoms with Crippen LogP contribution in [-0.2, 0) is 6.61 Å². The molecule has 0 spiro atoms. The van der Waals surface area contributed by atoms with E-state index >= 15 is 0 Å². The van der Waals surface area contributed by atoms with E-state index in [1.807, 2.05) is 5.38 Å². The summed E-state index contributed by atoms with van der Waals surface area (Å²) >= 11 is 1.61. The summed E-state index contributed by atoms with van der Waals surface area (Å²) in [4.78, 5) is 6.56. The summed E-state index contributed by atoms with van der Waals surface area (Å²) in [7, 11) is 0. The van der Waals surface area contributed by atoms with Gasteiger partial charge in [0.15, 0.2) is 5.13 Å². The van der Waals surface area contributed by atoms with Crippen molar-refractivity contribution < 1.29 is 5.11 Å². The maximum absolute atomic E-state index is 8.85. The number of thiazole rings is 1. The fourth-order valence-electron chi connectivity index (χ4n) is 1.64. The van der Waals surface area contributed by atoms with Crippen molar-refractivity contribution >= 4 is 16.5 Å². The highest BCUT2D eigenvalue weighted by Gasteiger charge is 2.35. The molecule has 3 nitrogen and oxygen atoms in total. The molecule has 0 bridgehead atoms. The van der Waals surface area contributed by atoms with Gasteiger partial charge in [-0.3, -0.25) is 0 Å². The summed E-state index contributed by atoms with van der Waals surface area (Å²) < 4.78 is 0. The fraction of sp³-hybridized carbons (Fsp3) is 0.667. The fourth-order valence-corrected chi connectivity index (χ4v) is 2.45. The molecule has 1 fully saturated rings. The normalized spacial score (nSPS) is 20.1. The van der Waals surface area contributed by atoms with Crippen molar-refractivity contribution in [3.05, 3.63) is 11.1 Å². The van der Waals surface area contributed by atoms with Crippen molar-refractivity contribution in [2.45, 2.75) is 20.5 Å². The third-order valence-electron chi connectivity index (χ3n) is 2.21. The average molecular weight is 198 g/mol. The average Bonchev–Trinajstić information content (AvgIpc) is 2.47. The predicted molar refractivity (Wildman–Crippen MR) is 54.0 cm³/mol. The molecule has 1 N–H and O–H groups in total. The molecule has 0 amide bonds. The van der Waals surface area contributed by atoms with E-state index in [9.17, 15) is 0 Å². The van der Waals surface area contributed by atoms with E-state index in [0.717, 1.165) is 23.9 Å². The lowest BCUT2D eigenvalue weighted by atomic mass is 9.85. The number of rotatable bonds is 2. The summed E-state index contributed by atoms with van der Waals surface area (Å²) in [5.74, 6) is 0. The van der Waals surface area contributed by atoms with Gasteiger partial charge in [0.05, 0.1) is 12.3 Å². The van der Waals surface area contributed by atoms with Gasteiger partial charge in [-0.25, -0.2) is 4.98 Å². The SMILES string of the molecule is CC1(C)CN(c2nc(CO)cs2)C1. The smallest absolute Gasteiger partial charge is 0.185 e. The van der Waals surface area contributed by atoms with Gasteiger partial charge >= 0.3 is 0 Å². The molecule has 0 radical (unpaired) electrons. The first-order chi connectivity index (χ1) is 6.11. The highest BCUT2D eigenvalue weighted by molar-refractivity contribution is 7.13. The van der Waals surface area contributed by atoms with E-state index in [2.05, 4.69) is 23.7 Å². The molecule has 1 aromatic rings. The maximum Gasteiger partial charge on any atom is 0.185 e. The Hall–Kier alpha value is -0.610. The van der Waals surface area contributed by atoms with Crippen LogP contribution in [0.2, 0.25) is 0 Å². The lowest BCUT2D eigenvalue weighted by molar-refractivity contribution is 0.271. The Morgan fingerprint density at radius 2 is 2.31 bits per heavy atom. The minimum Gasteiger partial charge on any atom is -0.390 e. The minimum absolute atomic E-state index is 0.0493. The van der Waals surface area contributed by atoms with E-state index in [0.29, 0.717) is 5.41 Å². The van der Waals surface area contributed by atoms with Gasteiger partial charge in [-0.15, -0.1) is 11.3 Å². The first-order valence-electron chi connectivity index (χ1n) is 4.41. The second-order valence-corrected chi connectivity index (χ2v) is 5.14. The molecule has 72 valence electrons. The molecular formula is C9H14N2OS. The molecule has 1 aliphatic heterocycles. The molecule has 1 saturated heterocycles. The first kappa shape index (κ1) is 8.97. The van der Waals surface area contributed by atoms with Gasteiger partial charge in [0.1, 0.15) is 0 Å². The molecule has 1 aliphatic rings. The zero-order valence-electron chi connectivity index (χ0n) is 7.95. The number of hydrogen-bond acceptors (Lipinski definition) is 4. The van der Waals surface area contributed by atoms with Gasteiger partial charge in [0, 0.05) is 18.5 Å². The first-order valence-corrected chi connectivity index (χ1v) is 5.29. The summed E-state index contributed by atoms with van der Waals surface area (Å²) in [5.41, 5.74) is 1.22. The summed E-state index contributed by atoms with van der Waals surface area (Å²) in [6, 6.07) is 0. The Balaban J connectivity index is 2.03.